The van der Waals surface area contributed by atoms with E-state index in [0.29, 0.717) is 0 Å². The second kappa shape index (κ2) is 9.28. The first-order chi connectivity index (χ1) is 22.3. The number of benzene rings is 7. The van der Waals surface area contributed by atoms with Gasteiger partial charge >= 0.3 is 0 Å². The average molecular weight is 577 g/mol. The van der Waals surface area contributed by atoms with Gasteiger partial charge in [-0.2, -0.15) is 0 Å². The van der Waals surface area contributed by atoms with Crippen LogP contribution in [0.4, 0.5) is 17.1 Å². The smallest absolute Gasteiger partial charge is 0.260 e. The molecule has 7 aromatic carbocycles. The van der Waals surface area contributed by atoms with E-state index < -0.39 is 0 Å². The van der Waals surface area contributed by atoms with Gasteiger partial charge in [-0.1, -0.05) is 91.0 Å². The van der Waals surface area contributed by atoms with Crippen LogP contribution in [0.1, 0.15) is 0 Å². The third-order valence-corrected chi connectivity index (χ3v) is 9.17. The van der Waals surface area contributed by atoms with Crippen molar-refractivity contribution < 1.29 is 13.9 Å². The Kier molecular flexibility index (Phi) is 5.05. The summed E-state index contributed by atoms with van der Waals surface area (Å²) in [5, 5.41) is 4.36. The predicted molar refractivity (Wildman–Crippen MR) is 184 cm³/mol. The first-order valence-corrected chi connectivity index (χ1v) is 15.2. The number of hydrogen-bond donors (Lipinski definition) is 0. The van der Waals surface area contributed by atoms with Crippen LogP contribution in [0.15, 0.2) is 150 Å². The highest BCUT2D eigenvalue weighted by Crippen LogP contribution is 2.43. The molecule has 5 heteroatoms. The number of fused-ring (bicyclic) bond motifs is 10. The molecule has 45 heavy (non-hydrogen) atoms. The Morgan fingerprint density at radius 3 is 1.89 bits per heavy atom. The summed E-state index contributed by atoms with van der Waals surface area (Å²) >= 11 is 0. The number of para-hydroxylation sites is 2. The van der Waals surface area contributed by atoms with Crippen LogP contribution >= 0.6 is 0 Å². The molecule has 0 unspecified atom stereocenters. The first kappa shape index (κ1) is 24.5. The standard InChI is InChI=1S/C40H24BNO3/c1-3-11-26(12-4-1)42(27-13-5-2-6-14-27)28-19-20-30-31-21-23-33-40(39(31)45-36(30)24-28)44-35-17-9-16-34-37(35)41(33)32-22-18-25-10-7-8-15-29(25)38(32)43-34/h1-24H. The molecule has 3 heterocycles. The van der Waals surface area contributed by atoms with Crippen LogP contribution in [0, 0.1) is 0 Å². The van der Waals surface area contributed by atoms with Gasteiger partial charge in [0.2, 0.25) is 0 Å². The highest BCUT2D eigenvalue weighted by atomic mass is 16.5. The Balaban J connectivity index is 1.18. The number of rotatable bonds is 3. The Labute approximate surface area is 259 Å². The molecule has 0 atom stereocenters. The fourth-order valence-corrected chi connectivity index (χ4v) is 7.18. The Bertz CT molecular complexity index is 2410. The Morgan fingerprint density at radius 2 is 1.11 bits per heavy atom. The number of furan rings is 1. The van der Waals surface area contributed by atoms with E-state index in [-0.39, 0.29) is 6.71 Å². The van der Waals surface area contributed by atoms with Gasteiger partial charge < -0.3 is 18.8 Å². The summed E-state index contributed by atoms with van der Waals surface area (Å²) in [4.78, 5) is 2.25. The van der Waals surface area contributed by atoms with Crippen LogP contribution in [-0.4, -0.2) is 6.71 Å². The first-order valence-electron chi connectivity index (χ1n) is 15.2. The van der Waals surface area contributed by atoms with Gasteiger partial charge in [-0.15, -0.1) is 0 Å². The van der Waals surface area contributed by atoms with Crippen LogP contribution in [0.2, 0.25) is 0 Å². The van der Waals surface area contributed by atoms with E-state index in [2.05, 4.69) is 120 Å². The van der Waals surface area contributed by atoms with E-state index >= 15 is 0 Å². The molecular formula is C40H24BNO3. The van der Waals surface area contributed by atoms with Crippen LogP contribution in [0.3, 0.4) is 0 Å². The van der Waals surface area contributed by atoms with Gasteiger partial charge in [-0.25, -0.2) is 0 Å². The highest BCUT2D eigenvalue weighted by molar-refractivity contribution is 6.98. The van der Waals surface area contributed by atoms with Gasteiger partial charge in [0.25, 0.3) is 6.71 Å². The zero-order valence-corrected chi connectivity index (χ0v) is 24.1. The van der Waals surface area contributed by atoms with Crippen molar-refractivity contribution in [3.05, 3.63) is 146 Å². The summed E-state index contributed by atoms with van der Waals surface area (Å²) in [6.45, 7) is -0.0341. The van der Waals surface area contributed by atoms with Crippen molar-refractivity contribution in [2.45, 2.75) is 0 Å². The molecule has 0 amide bonds. The van der Waals surface area contributed by atoms with Crippen LogP contribution in [0.5, 0.6) is 23.0 Å². The van der Waals surface area contributed by atoms with Gasteiger partial charge in [0.05, 0.1) is 0 Å². The van der Waals surface area contributed by atoms with Gasteiger partial charge in [0, 0.05) is 44.8 Å². The normalized spacial score (nSPS) is 12.8. The van der Waals surface area contributed by atoms with E-state index in [9.17, 15) is 0 Å². The molecule has 4 nitrogen and oxygen atoms in total. The van der Waals surface area contributed by atoms with Gasteiger partial charge in [-0.05, 0) is 64.8 Å². The lowest BCUT2D eigenvalue weighted by Gasteiger charge is -2.33. The molecule has 2 aliphatic heterocycles. The van der Waals surface area contributed by atoms with Gasteiger partial charge in [0.1, 0.15) is 22.8 Å². The average Bonchev–Trinajstić information content (AvgIpc) is 3.48. The second-order valence-corrected chi connectivity index (χ2v) is 11.7. The van der Waals surface area contributed by atoms with Crippen LogP contribution < -0.4 is 30.8 Å². The molecule has 0 saturated carbocycles. The van der Waals surface area contributed by atoms with Crippen molar-refractivity contribution in [2.75, 3.05) is 4.90 Å². The lowest BCUT2D eigenvalue weighted by Crippen LogP contribution is -2.57. The molecule has 0 bridgehead atoms. The summed E-state index contributed by atoms with van der Waals surface area (Å²) in [5.74, 6) is 3.32. The van der Waals surface area contributed by atoms with Crippen molar-refractivity contribution in [2.24, 2.45) is 0 Å². The molecule has 8 aromatic rings. The monoisotopic (exact) mass is 577 g/mol. The topological polar surface area (TPSA) is 34.8 Å². The third-order valence-electron chi connectivity index (χ3n) is 9.17. The van der Waals surface area contributed by atoms with Crippen LogP contribution in [0.25, 0.3) is 32.7 Å². The zero-order chi connectivity index (χ0) is 29.5. The third kappa shape index (κ3) is 3.55. The largest absolute Gasteiger partial charge is 0.458 e. The minimum Gasteiger partial charge on any atom is -0.458 e. The minimum atomic E-state index is -0.0341. The number of ether oxygens (including phenoxy) is 2. The molecule has 0 fully saturated rings. The summed E-state index contributed by atoms with van der Waals surface area (Å²) in [5.41, 5.74) is 8.04. The minimum absolute atomic E-state index is 0.0341. The van der Waals surface area contributed by atoms with Crippen molar-refractivity contribution in [1.82, 2.24) is 0 Å². The number of anilines is 3. The van der Waals surface area contributed by atoms with E-state index in [1.807, 2.05) is 30.3 Å². The maximum atomic E-state index is 6.74. The summed E-state index contributed by atoms with van der Waals surface area (Å²) < 4.78 is 20.0. The quantitative estimate of drug-likeness (QED) is 0.197. The Hall–Kier alpha value is -5.94. The fraction of sp³-hybridized carbons (Fsp3) is 0. The van der Waals surface area contributed by atoms with E-state index in [4.69, 9.17) is 13.9 Å². The molecule has 1 aromatic heterocycles. The van der Waals surface area contributed by atoms with E-state index in [1.165, 1.54) is 0 Å². The lowest BCUT2D eigenvalue weighted by molar-refractivity contribution is 0.464. The fourth-order valence-electron chi connectivity index (χ4n) is 7.18. The van der Waals surface area contributed by atoms with Gasteiger partial charge in [-0.3, -0.25) is 0 Å². The van der Waals surface area contributed by atoms with Crippen LogP contribution in [-0.2, 0) is 0 Å². The number of nitrogens with zero attached hydrogens (tertiary/aromatic N) is 1. The Morgan fingerprint density at radius 1 is 0.467 bits per heavy atom. The highest BCUT2D eigenvalue weighted by Gasteiger charge is 2.41. The molecule has 2 aliphatic rings. The van der Waals surface area contributed by atoms with Crippen molar-refractivity contribution >= 4 is 72.9 Å². The summed E-state index contributed by atoms with van der Waals surface area (Å²) in [7, 11) is 0. The zero-order valence-electron chi connectivity index (χ0n) is 24.1. The SMILES string of the molecule is c1ccc(N(c2ccccc2)c2ccc3c(c2)oc2c4c(ccc23)B2c3ccc5ccccc5c3Oc3cccc(c32)O4)cc1. The summed E-state index contributed by atoms with van der Waals surface area (Å²) in [6.07, 6.45) is 0. The molecule has 0 radical (unpaired) electrons. The molecule has 0 aliphatic carbocycles. The lowest BCUT2D eigenvalue weighted by atomic mass is 9.34. The molecular weight excluding hydrogens is 553 g/mol. The van der Waals surface area contributed by atoms with E-state index in [1.54, 1.807) is 0 Å². The summed E-state index contributed by atoms with van der Waals surface area (Å²) in [6, 6.07) is 50.5. The maximum absolute atomic E-state index is 6.74. The second-order valence-electron chi connectivity index (χ2n) is 11.7. The van der Waals surface area contributed by atoms with Crippen molar-refractivity contribution in [3.63, 3.8) is 0 Å². The number of hydrogen-bond acceptors (Lipinski definition) is 4. The molecule has 10 rings (SSSR count). The molecule has 0 saturated heterocycles. The maximum Gasteiger partial charge on any atom is 0.260 e. The van der Waals surface area contributed by atoms with E-state index in [0.717, 1.165) is 89.2 Å². The predicted octanol–water partition coefficient (Wildman–Crippen LogP) is 8.94. The molecule has 210 valence electrons. The molecule has 0 spiro atoms. The van der Waals surface area contributed by atoms with Gasteiger partial charge in [0.15, 0.2) is 11.3 Å². The van der Waals surface area contributed by atoms with Crippen molar-refractivity contribution in [3.8, 4) is 23.0 Å². The van der Waals surface area contributed by atoms with Crippen molar-refractivity contribution in [1.29, 1.82) is 0 Å². The molecule has 0 N–H and O–H groups in total.